The van der Waals surface area contributed by atoms with Gasteiger partial charge < -0.3 is 5.73 Å². The Balaban J connectivity index is 1.87. The third-order valence-corrected chi connectivity index (χ3v) is 8.28. The van der Waals surface area contributed by atoms with Gasteiger partial charge in [-0.2, -0.15) is 0 Å². The first-order valence-electron chi connectivity index (χ1n) is 9.70. The van der Waals surface area contributed by atoms with Crippen molar-refractivity contribution in [3.05, 3.63) is 83.9 Å². The summed E-state index contributed by atoms with van der Waals surface area (Å²) >= 11 is 0. The first-order valence-corrected chi connectivity index (χ1v) is 11.6. The summed E-state index contributed by atoms with van der Waals surface area (Å²) in [4.78, 5) is 0. The summed E-state index contributed by atoms with van der Waals surface area (Å²) in [6, 6.07) is 27.2. The van der Waals surface area contributed by atoms with Crippen LogP contribution in [-0.4, -0.2) is 12.2 Å². The first-order chi connectivity index (χ1) is 13.2. The average molecular weight is 369 g/mol. The molecule has 2 N–H and O–H groups in total. The molecule has 0 saturated heterocycles. The summed E-state index contributed by atoms with van der Waals surface area (Å²) in [6.07, 6.45) is 3.47. The van der Waals surface area contributed by atoms with E-state index in [9.17, 15) is 0 Å². The Morgan fingerprint density at radius 1 is 0.741 bits per heavy atom. The fraction of sp³-hybridized carbons (Fsp3) is 0.200. The van der Waals surface area contributed by atoms with Crippen molar-refractivity contribution < 1.29 is 0 Å². The molecule has 0 aliphatic carbocycles. The predicted molar refractivity (Wildman–Crippen MR) is 120 cm³/mol. The molecule has 2 heteroatoms. The Morgan fingerprint density at radius 3 is 1.70 bits per heavy atom. The lowest BCUT2D eigenvalue weighted by Crippen LogP contribution is -2.19. The van der Waals surface area contributed by atoms with Crippen LogP contribution in [0.2, 0.25) is 0 Å². The molecule has 1 heterocycles. The van der Waals surface area contributed by atoms with Crippen molar-refractivity contribution in [2.24, 2.45) is 5.73 Å². The molecule has 1 aliphatic rings. The maximum Gasteiger partial charge on any atom is 0.00499 e. The van der Waals surface area contributed by atoms with Crippen LogP contribution in [-0.2, 0) is 12.3 Å². The molecule has 27 heavy (non-hydrogen) atoms. The smallest absolute Gasteiger partial charge is 0.00499 e. The molecule has 1 atom stereocenters. The summed E-state index contributed by atoms with van der Waals surface area (Å²) in [7, 11) is -0.147. The minimum atomic E-state index is -0.147. The molecule has 4 aromatic carbocycles. The molecule has 0 saturated carbocycles. The maximum absolute atomic E-state index is 6.21. The van der Waals surface area contributed by atoms with Crippen LogP contribution in [0.1, 0.15) is 18.1 Å². The molecule has 0 fully saturated rings. The topological polar surface area (TPSA) is 26.0 Å². The Labute approximate surface area is 162 Å². The summed E-state index contributed by atoms with van der Waals surface area (Å²) < 4.78 is 0. The summed E-state index contributed by atoms with van der Waals surface area (Å²) in [5, 5.41) is 5.41. The SMILES string of the molecule is C[C@H](N)CP1Cc2ccc3ccccc3c2-c2c(ccc3ccccc23)C1. The van der Waals surface area contributed by atoms with E-state index < -0.39 is 0 Å². The van der Waals surface area contributed by atoms with Gasteiger partial charge in [0.1, 0.15) is 0 Å². The lowest BCUT2D eigenvalue weighted by Gasteiger charge is -2.18. The van der Waals surface area contributed by atoms with Gasteiger partial charge >= 0.3 is 0 Å². The molecular weight excluding hydrogens is 345 g/mol. The molecule has 0 spiro atoms. The lowest BCUT2D eigenvalue weighted by atomic mass is 9.88. The largest absolute Gasteiger partial charge is 0.328 e. The highest BCUT2D eigenvalue weighted by atomic mass is 31.1. The van der Waals surface area contributed by atoms with Gasteiger partial charge in [-0.25, -0.2) is 0 Å². The zero-order valence-electron chi connectivity index (χ0n) is 15.7. The third kappa shape index (κ3) is 2.96. The van der Waals surface area contributed by atoms with Crippen molar-refractivity contribution in [1.82, 2.24) is 0 Å². The van der Waals surface area contributed by atoms with Crippen molar-refractivity contribution in [1.29, 1.82) is 0 Å². The number of rotatable bonds is 2. The number of hydrogen-bond donors (Lipinski definition) is 1. The highest BCUT2D eigenvalue weighted by molar-refractivity contribution is 7.56. The summed E-state index contributed by atoms with van der Waals surface area (Å²) in [5.74, 6) is 0. The zero-order valence-corrected chi connectivity index (χ0v) is 16.5. The zero-order chi connectivity index (χ0) is 18.4. The van der Waals surface area contributed by atoms with E-state index >= 15 is 0 Å². The molecule has 5 rings (SSSR count). The second-order valence-corrected chi connectivity index (χ2v) is 10.1. The molecular formula is C25H24NP. The van der Waals surface area contributed by atoms with Gasteiger partial charge in [0.25, 0.3) is 0 Å². The van der Waals surface area contributed by atoms with E-state index in [-0.39, 0.29) is 14.0 Å². The molecule has 4 aromatic rings. The molecule has 1 nitrogen and oxygen atoms in total. The first kappa shape index (κ1) is 16.9. The van der Waals surface area contributed by atoms with Crippen LogP contribution in [0.25, 0.3) is 32.7 Å². The fourth-order valence-corrected chi connectivity index (χ4v) is 7.24. The third-order valence-electron chi connectivity index (χ3n) is 5.61. The number of hydrogen-bond acceptors (Lipinski definition) is 1. The van der Waals surface area contributed by atoms with Crippen molar-refractivity contribution in [2.75, 3.05) is 6.16 Å². The van der Waals surface area contributed by atoms with Crippen molar-refractivity contribution in [3.63, 3.8) is 0 Å². The highest BCUT2D eigenvalue weighted by Gasteiger charge is 2.24. The molecule has 0 radical (unpaired) electrons. The standard InChI is InChI=1S/C25H24NP/c1-17(26)14-27-15-20-12-10-18-6-2-4-8-22(18)24(20)25-21(16-27)13-11-19-7-3-5-9-23(19)25/h2-13,17H,14-16,26H2,1H3/t17-/m0/s1. The Morgan fingerprint density at radius 2 is 1.22 bits per heavy atom. The van der Waals surface area contributed by atoms with Crippen LogP contribution in [0.5, 0.6) is 0 Å². The minimum Gasteiger partial charge on any atom is -0.328 e. The number of fused-ring (bicyclic) bond motifs is 7. The van der Waals surface area contributed by atoms with E-state index in [4.69, 9.17) is 5.73 Å². The van der Waals surface area contributed by atoms with E-state index in [0.717, 1.165) is 6.16 Å². The van der Waals surface area contributed by atoms with E-state index in [2.05, 4.69) is 79.7 Å². The Bertz CT molecular complexity index is 1060. The Kier molecular flexibility index (Phi) is 4.23. The quantitative estimate of drug-likeness (QED) is 0.401. The number of benzene rings is 4. The van der Waals surface area contributed by atoms with Crippen LogP contribution in [0.15, 0.2) is 72.8 Å². The summed E-state index contributed by atoms with van der Waals surface area (Å²) in [5.41, 5.74) is 12.1. The fourth-order valence-electron chi connectivity index (χ4n) is 4.56. The van der Waals surface area contributed by atoms with E-state index in [0.29, 0.717) is 0 Å². The highest BCUT2D eigenvalue weighted by Crippen LogP contribution is 2.53. The maximum atomic E-state index is 6.21. The normalized spacial score (nSPS) is 15.3. The second-order valence-electron chi connectivity index (χ2n) is 7.79. The molecule has 0 aromatic heterocycles. The minimum absolute atomic E-state index is 0.147. The summed E-state index contributed by atoms with van der Waals surface area (Å²) in [6.45, 7) is 2.15. The monoisotopic (exact) mass is 369 g/mol. The predicted octanol–water partition coefficient (Wildman–Crippen LogP) is 6.50. The van der Waals surface area contributed by atoms with Crippen LogP contribution >= 0.6 is 7.92 Å². The van der Waals surface area contributed by atoms with E-state index in [1.807, 2.05) is 0 Å². The van der Waals surface area contributed by atoms with Gasteiger partial charge in [-0.3, -0.25) is 0 Å². The molecule has 1 aliphatic heterocycles. The van der Waals surface area contributed by atoms with Crippen LogP contribution in [0, 0.1) is 0 Å². The van der Waals surface area contributed by atoms with Crippen LogP contribution in [0.3, 0.4) is 0 Å². The van der Waals surface area contributed by atoms with E-state index in [1.54, 1.807) is 0 Å². The Hall–Kier alpha value is -2.21. The van der Waals surface area contributed by atoms with Crippen molar-refractivity contribution in [2.45, 2.75) is 25.3 Å². The van der Waals surface area contributed by atoms with Crippen LogP contribution < -0.4 is 5.73 Å². The van der Waals surface area contributed by atoms with Gasteiger partial charge in [-0.1, -0.05) is 80.7 Å². The molecule has 0 bridgehead atoms. The number of nitrogens with two attached hydrogens (primary N) is 1. The average Bonchev–Trinajstić information content (AvgIpc) is 2.83. The molecule has 0 unspecified atom stereocenters. The van der Waals surface area contributed by atoms with Crippen molar-refractivity contribution >= 4 is 29.5 Å². The second kappa shape index (κ2) is 6.75. The van der Waals surface area contributed by atoms with Gasteiger partial charge in [-0.05, 0) is 69.2 Å². The van der Waals surface area contributed by atoms with Gasteiger partial charge in [0, 0.05) is 6.04 Å². The van der Waals surface area contributed by atoms with E-state index in [1.165, 1.54) is 56.1 Å². The lowest BCUT2D eigenvalue weighted by molar-refractivity contribution is 0.838. The van der Waals surface area contributed by atoms with Gasteiger partial charge in [0.05, 0.1) is 0 Å². The van der Waals surface area contributed by atoms with Gasteiger partial charge in [0.2, 0.25) is 0 Å². The van der Waals surface area contributed by atoms with Gasteiger partial charge in [-0.15, -0.1) is 0 Å². The molecule has 0 amide bonds. The molecule has 134 valence electrons. The van der Waals surface area contributed by atoms with Gasteiger partial charge in [0.15, 0.2) is 0 Å². The van der Waals surface area contributed by atoms with Crippen LogP contribution in [0.4, 0.5) is 0 Å². The van der Waals surface area contributed by atoms with Crippen molar-refractivity contribution in [3.8, 4) is 11.1 Å².